The average Bonchev–Trinajstić information content (AvgIpc) is 3.10. The lowest BCUT2D eigenvalue weighted by atomic mass is 9.97. The molecule has 12 heteroatoms. The number of amidine groups is 1. The standard InChI is InChI=1S/C19H19ClF3N7O/c20-17-26-10-14(24)18(25,27-17)9-11-2-4-12(5-3-11)30-13(16(31)29-6-1-7-29)8-15(28-30)19(21,22)23/h2-5,8,10H,1,6-7,9,24-25H2,(H,26,27). The van der Waals surface area contributed by atoms with E-state index in [0.717, 1.165) is 22.7 Å². The van der Waals surface area contributed by atoms with Crippen molar-refractivity contribution in [3.63, 3.8) is 0 Å². The van der Waals surface area contributed by atoms with Crippen LogP contribution in [0.4, 0.5) is 13.2 Å². The van der Waals surface area contributed by atoms with Crippen molar-refractivity contribution >= 4 is 22.8 Å². The Kier molecular flexibility index (Phi) is 5.18. The van der Waals surface area contributed by atoms with Crippen molar-refractivity contribution in [3.8, 4) is 5.69 Å². The van der Waals surface area contributed by atoms with E-state index in [9.17, 15) is 18.0 Å². The van der Waals surface area contributed by atoms with Crippen LogP contribution in [0.5, 0.6) is 0 Å². The molecule has 1 aromatic carbocycles. The van der Waals surface area contributed by atoms with Gasteiger partial charge in [0.05, 0.1) is 17.6 Å². The average molecular weight is 454 g/mol. The SMILES string of the molecule is NC1=CN=C(Cl)NC1(N)Cc1ccc(-n2nc(C(F)(F)F)cc2C(=O)N2CCC2)cc1. The van der Waals surface area contributed by atoms with E-state index in [2.05, 4.69) is 15.4 Å². The molecule has 1 aromatic heterocycles. The van der Waals surface area contributed by atoms with Crippen molar-refractivity contribution in [1.29, 1.82) is 0 Å². The summed E-state index contributed by atoms with van der Waals surface area (Å²) in [6.07, 6.45) is -2.24. The number of amides is 1. The van der Waals surface area contributed by atoms with Crippen LogP contribution in [-0.2, 0) is 12.6 Å². The molecule has 2 aliphatic rings. The molecule has 31 heavy (non-hydrogen) atoms. The van der Waals surface area contributed by atoms with E-state index in [4.69, 9.17) is 23.1 Å². The normalized spacial score (nSPS) is 21.1. The summed E-state index contributed by atoms with van der Waals surface area (Å²) in [7, 11) is 0. The first-order valence-electron chi connectivity index (χ1n) is 9.39. The first kappa shape index (κ1) is 21.2. The number of alkyl halides is 3. The van der Waals surface area contributed by atoms with Gasteiger partial charge in [0.1, 0.15) is 11.4 Å². The monoisotopic (exact) mass is 453 g/mol. The molecule has 1 saturated heterocycles. The Balaban J connectivity index is 1.63. The van der Waals surface area contributed by atoms with Crippen LogP contribution in [0.1, 0.15) is 28.2 Å². The molecule has 2 aromatic rings. The van der Waals surface area contributed by atoms with Gasteiger partial charge in [0.25, 0.3) is 5.91 Å². The highest BCUT2D eigenvalue weighted by Gasteiger charge is 2.37. The summed E-state index contributed by atoms with van der Waals surface area (Å²) in [5.74, 6) is -0.488. The molecule has 1 fully saturated rings. The summed E-state index contributed by atoms with van der Waals surface area (Å²) in [4.78, 5) is 18.0. The number of likely N-dealkylation sites (tertiary alicyclic amines) is 1. The zero-order chi connectivity index (χ0) is 22.4. The fourth-order valence-corrected chi connectivity index (χ4v) is 3.52. The molecule has 0 spiro atoms. The van der Waals surface area contributed by atoms with Crippen LogP contribution in [0.3, 0.4) is 0 Å². The maximum absolute atomic E-state index is 13.2. The summed E-state index contributed by atoms with van der Waals surface area (Å²) >= 11 is 5.89. The van der Waals surface area contributed by atoms with Crippen LogP contribution >= 0.6 is 11.6 Å². The lowest BCUT2D eigenvalue weighted by Crippen LogP contribution is -2.61. The van der Waals surface area contributed by atoms with Gasteiger partial charge in [-0.2, -0.15) is 18.3 Å². The zero-order valence-corrected chi connectivity index (χ0v) is 16.9. The van der Waals surface area contributed by atoms with Crippen molar-refractivity contribution in [2.75, 3.05) is 13.1 Å². The molecule has 4 rings (SSSR count). The minimum Gasteiger partial charge on any atom is -0.398 e. The minimum atomic E-state index is -4.67. The number of carbonyl (C=O) groups excluding carboxylic acids is 1. The predicted octanol–water partition coefficient (Wildman–Crippen LogP) is 1.93. The van der Waals surface area contributed by atoms with Crippen LogP contribution in [0.25, 0.3) is 5.69 Å². The second-order valence-corrected chi connectivity index (χ2v) is 7.77. The quantitative estimate of drug-likeness (QED) is 0.612. The molecule has 164 valence electrons. The number of aromatic nitrogens is 2. The number of nitrogens with zero attached hydrogens (tertiary/aromatic N) is 4. The van der Waals surface area contributed by atoms with Crippen LogP contribution in [0.2, 0.25) is 0 Å². The number of hydrogen-bond acceptors (Lipinski definition) is 6. The van der Waals surface area contributed by atoms with Crippen LogP contribution in [-0.4, -0.2) is 44.6 Å². The Morgan fingerprint density at radius 3 is 2.52 bits per heavy atom. The summed E-state index contributed by atoms with van der Waals surface area (Å²) in [5.41, 5.74) is 11.1. The lowest BCUT2D eigenvalue weighted by Gasteiger charge is -2.33. The van der Waals surface area contributed by atoms with Crippen molar-refractivity contribution in [2.45, 2.75) is 24.7 Å². The van der Waals surface area contributed by atoms with Gasteiger partial charge in [0, 0.05) is 25.6 Å². The molecular weight excluding hydrogens is 435 g/mol. The Morgan fingerprint density at radius 1 is 1.26 bits per heavy atom. The topological polar surface area (TPSA) is 115 Å². The van der Waals surface area contributed by atoms with Gasteiger partial charge >= 0.3 is 6.18 Å². The molecular formula is C19H19ClF3N7O. The van der Waals surface area contributed by atoms with Crippen molar-refractivity contribution in [2.24, 2.45) is 16.5 Å². The first-order chi connectivity index (χ1) is 14.6. The van der Waals surface area contributed by atoms with E-state index in [1.54, 1.807) is 24.3 Å². The molecule has 2 aliphatic heterocycles. The Bertz CT molecular complexity index is 1070. The maximum atomic E-state index is 13.2. The highest BCUT2D eigenvalue weighted by molar-refractivity contribution is 6.64. The van der Waals surface area contributed by atoms with Crippen LogP contribution in [0, 0.1) is 0 Å². The van der Waals surface area contributed by atoms with Gasteiger partial charge < -0.3 is 21.7 Å². The van der Waals surface area contributed by atoms with Crippen molar-refractivity contribution in [3.05, 3.63) is 59.2 Å². The molecule has 0 bridgehead atoms. The number of benzene rings is 1. The summed E-state index contributed by atoms with van der Waals surface area (Å²) in [6.45, 7) is 1.02. The van der Waals surface area contributed by atoms with Crippen molar-refractivity contribution in [1.82, 2.24) is 20.0 Å². The van der Waals surface area contributed by atoms with Gasteiger partial charge in [-0.3, -0.25) is 4.79 Å². The third-order valence-corrected chi connectivity index (χ3v) is 5.38. The molecule has 0 aliphatic carbocycles. The number of nitrogens with one attached hydrogen (secondary N) is 1. The van der Waals surface area contributed by atoms with Gasteiger partial charge in [-0.05, 0) is 35.7 Å². The summed E-state index contributed by atoms with van der Waals surface area (Å²) in [6, 6.07) is 7.26. The van der Waals surface area contributed by atoms with Crippen LogP contribution in [0.15, 0.2) is 47.2 Å². The third kappa shape index (κ3) is 4.10. The molecule has 0 saturated carbocycles. The number of aliphatic imine (C=N–C) groups is 1. The highest BCUT2D eigenvalue weighted by Crippen LogP contribution is 2.30. The number of halogens is 4. The number of carbonyl (C=O) groups is 1. The summed E-state index contributed by atoms with van der Waals surface area (Å²) in [5, 5.41) is 6.55. The smallest absolute Gasteiger partial charge is 0.398 e. The van der Waals surface area contributed by atoms with E-state index < -0.39 is 23.4 Å². The van der Waals surface area contributed by atoms with Gasteiger partial charge in [-0.25, -0.2) is 9.67 Å². The molecule has 1 unspecified atom stereocenters. The van der Waals surface area contributed by atoms with Gasteiger partial charge in [0.2, 0.25) is 0 Å². The number of hydrogen-bond donors (Lipinski definition) is 3. The summed E-state index contributed by atoms with van der Waals surface area (Å²) < 4.78 is 40.7. The molecule has 1 amide bonds. The second-order valence-electron chi connectivity index (χ2n) is 7.41. The van der Waals surface area contributed by atoms with Crippen molar-refractivity contribution < 1.29 is 18.0 Å². The largest absolute Gasteiger partial charge is 0.435 e. The Hall–Kier alpha value is -3.05. The zero-order valence-electron chi connectivity index (χ0n) is 16.2. The molecule has 1 atom stereocenters. The molecule has 5 N–H and O–H groups in total. The minimum absolute atomic E-state index is 0.0960. The van der Waals surface area contributed by atoms with Gasteiger partial charge in [0.15, 0.2) is 11.0 Å². The number of rotatable bonds is 4. The van der Waals surface area contributed by atoms with E-state index in [-0.39, 0.29) is 23.1 Å². The van der Waals surface area contributed by atoms with E-state index >= 15 is 0 Å². The Labute approximate surface area is 180 Å². The molecule has 8 nitrogen and oxygen atoms in total. The second kappa shape index (κ2) is 7.57. The van der Waals surface area contributed by atoms with E-state index in [1.807, 2.05) is 0 Å². The van der Waals surface area contributed by atoms with Gasteiger partial charge in [-0.15, -0.1) is 0 Å². The van der Waals surface area contributed by atoms with E-state index in [0.29, 0.717) is 18.8 Å². The van der Waals surface area contributed by atoms with E-state index in [1.165, 1.54) is 11.1 Å². The predicted molar refractivity (Wildman–Crippen MR) is 108 cm³/mol. The van der Waals surface area contributed by atoms with Crippen LogP contribution < -0.4 is 16.8 Å². The molecule has 0 radical (unpaired) electrons. The Morgan fingerprint density at radius 2 is 1.94 bits per heavy atom. The highest BCUT2D eigenvalue weighted by atomic mass is 35.5. The first-order valence-corrected chi connectivity index (χ1v) is 9.77. The number of nitrogens with two attached hydrogens (primary N) is 2. The third-order valence-electron chi connectivity index (χ3n) is 5.18. The fourth-order valence-electron chi connectivity index (χ4n) is 3.30. The fraction of sp³-hybridized carbons (Fsp3) is 0.316. The lowest BCUT2D eigenvalue weighted by molar-refractivity contribution is -0.141. The molecule has 3 heterocycles. The van der Waals surface area contributed by atoms with Gasteiger partial charge in [-0.1, -0.05) is 12.1 Å². The maximum Gasteiger partial charge on any atom is 0.435 e.